The first-order chi connectivity index (χ1) is 10.2. The summed E-state index contributed by atoms with van der Waals surface area (Å²) in [6.07, 6.45) is 4.43. The van der Waals surface area contributed by atoms with E-state index in [4.69, 9.17) is 0 Å². The third-order valence-corrected chi connectivity index (χ3v) is 4.33. The lowest BCUT2D eigenvalue weighted by molar-refractivity contribution is -0.114. The van der Waals surface area contributed by atoms with Gasteiger partial charge < -0.3 is 15.2 Å². The van der Waals surface area contributed by atoms with E-state index in [1.165, 1.54) is 25.3 Å². The second kappa shape index (κ2) is 5.85. The van der Waals surface area contributed by atoms with Gasteiger partial charge in [0.25, 0.3) is 0 Å². The third-order valence-electron chi connectivity index (χ3n) is 4.33. The normalized spacial score (nSPS) is 17.2. The topological polar surface area (TPSA) is 61.0 Å². The highest BCUT2D eigenvalue weighted by molar-refractivity contribution is 5.90. The number of amides is 1. The summed E-state index contributed by atoms with van der Waals surface area (Å²) in [6.45, 7) is 7.15. The molecule has 0 unspecified atom stereocenters. The van der Waals surface area contributed by atoms with Crippen LogP contribution in [0.4, 0.5) is 5.82 Å². The third kappa shape index (κ3) is 2.93. The van der Waals surface area contributed by atoms with E-state index in [1.54, 1.807) is 0 Å². The van der Waals surface area contributed by atoms with Crippen LogP contribution in [-0.2, 0) is 4.79 Å². The number of nitrogens with zero attached hydrogens (tertiary/aromatic N) is 2. The highest BCUT2D eigenvalue weighted by atomic mass is 16.1. The lowest BCUT2D eigenvalue weighted by Gasteiger charge is -2.30. The van der Waals surface area contributed by atoms with Crippen LogP contribution < -0.4 is 5.32 Å². The van der Waals surface area contributed by atoms with Crippen molar-refractivity contribution in [3.05, 3.63) is 23.9 Å². The first-order valence-electron chi connectivity index (χ1n) is 7.65. The van der Waals surface area contributed by atoms with Crippen LogP contribution in [0.3, 0.4) is 0 Å². The predicted molar refractivity (Wildman–Crippen MR) is 84.5 cm³/mol. The largest absolute Gasteiger partial charge is 0.360 e. The van der Waals surface area contributed by atoms with Gasteiger partial charge in [0, 0.05) is 13.1 Å². The molecule has 1 aliphatic rings. The summed E-state index contributed by atoms with van der Waals surface area (Å²) in [5.74, 6) is 1.10. The number of H-pyrrole nitrogens is 1. The minimum absolute atomic E-state index is 0.0878. The van der Waals surface area contributed by atoms with E-state index in [0.717, 1.165) is 30.7 Å². The van der Waals surface area contributed by atoms with Gasteiger partial charge in [-0.2, -0.15) is 0 Å². The van der Waals surface area contributed by atoms with Crippen molar-refractivity contribution >= 4 is 22.8 Å². The summed E-state index contributed by atoms with van der Waals surface area (Å²) in [5, 5.41) is 2.76. The summed E-state index contributed by atoms with van der Waals surface area (Å²) in [4.78, 5) is 21.6. The average Bonchev–Trinajstić information content (AvgIpc) is 2.90. The Hall–Kier alpha value is -1.88. The minimum Gasteiger partial charge on any atom is -0.360 e. The van der Waals surface area contributed by atoms with Crippen molar-refractivity contribution in [2.75, 3.05) is 25.0 Å². The van der Waals surface area contributed by atoms with E-state index in [2.05, 4.69) is 33.3 Å². The van der Waals surface area contributed by atoms with Crippen molar-refractivity contribution in [1.29, 1.82) is 0 Å². The van der Waals surface area contributed by atoms with E-state index in [9.17, 15) is 4.79 Å². The van der Waals surface area contributed by atoms with Crippen LogP contribution in [-0.4, -0.2) is 40.4 Å². The average molecular weight is 286 g/mol. The molecule has 2 aromatic heterocycles. The number of anilines is 1. The Bertz CT molecular complexity index is 641. The summed E-state index contributed by atoms with van der Waals surface area (Å²) in [5.41, 5.74) is 3.32. The molecule has 3 rings (SSSR count). The minimum atomic E-state index is -0.0878. The fourth-order valence-corrected chi connectivity index (χ4v) is 3.14. The van der Waals surface area contributed by atoms with Crippen LogP contribution in [0.2, 0.25) is 0 Å². The molecule has 0 spiro atoms. The Morgan fingerprint density at radius 2 is 2.19 bits per heavy atom. The molecule has 2 N–H and O–H groups in total. The predicted octanol–water partition coefficient (Wildman–Crippen LogP) is 2.72. The number of rotatable bonds is 3. The first-order valence-corrected chi connectivity index (χ1v) is 7.65. The van der Waals surface area contributed by atoms with Crippen LogP contribution >= 0.6 is 0 Å². The molecule has 5 heteroatoms. The molecule has 0 bridgehead atoms. The number of pyridine rings is 1. The molecule has 1 fully saturated rings. The van der Waals surface area contributed by atoms with Gasteiger partial charge in [-0.25, -0.2) is 4.98 Å². The first kappa shape index (κ1) is 14.1. The summed E-state index contributed by atoms with van der Waals surface area (Å²) >= 11 is 0. The molecule has 0 aromatic carbocycles. The molecule has 1 aliphatic heterocycles. The van der Waals surface area contributed by atoms with Crippen molar-refractivity contribution < 1.29 is 4.79 Å². The van der Waals surface area contributed by atoms with Gasteiger partial charge in [0.15, 0.2) is 0 Å². The Balaban J connectivity index is 1.86. The van der Waals surface area contributed by atoms with E-state index in [1.807, 2.05) is 12.1 Å². The fourth-order valence-electron chi connectivity index (χ4n) is 3.14. The number of fused-ring (bicyclic) bond motifs is 1. The van der Waals surface area contributed by atoms with Gasteiger partial charge in [-0.3, -0.25) is 4.79 Å². The standard InChI is InChI=1S/C16H22N4O/c1-3-20-8-6-12(7-9-20)13-10-17-14-4-5-15(18-11(2)21)19-16(13)14/h4-5,10,12,17H,3,6-9H2,1-2H3,(H,18,19,21). The zero-order valence-electron chi connectivity index (χ0n) is 12.6. The smallest absolute Gasteiger partial charge is 0.222 e. The molecule has 0 saturated carbocycles. The molecular formula is C16H22N4O. The summed E-state index contributed by atoms with van der Waals surface area (Å²) in [7, 11) is 0. The highest BCUT2D eigenvalue weighted by Gasteiger charge is 2.22. The molecule has 2 aromatic rings. The number of carbonyl (C=O) groups excluding carboxylic acids is 1. The Labute approximate surface area is 124 Å². The van der Waals surface area contributed by atoms with Crippen LogP contribution in [0.25, 0.3) is 11.0 Å². The van der Waals surface area contributed by atoms with E-state index >= 15 is 0 Å². The zero-order chi connectivity index (χ0) is 14.8. The van der Waals surface area contributed by atoms with E-state index in [-0.39, 0.29) is 5.91 Å². The van der Waals surface area contributed by atoms with Gasteiger partial charge in [-0.1, -0.05) is 6.92 Å². The van der Waals surface area contributed by atoms with Gasteiger partial charge in [-0.05, 0) is 56.1 Å². The molecule has 3 heterocycles. The van der Waals surface area contributed by atoms with Crippen molar-refractivity contribution in [3.63, 3.8) is 0 Å². The summed E-state index contributed by atoms with van der Waals surface area (Å²) in [6, 6.07) is 3.82. The van der Waals surface area contributed by atoms with Gasteiger partial charge >= 0.3 is 0 Å². The number of likely N-dealkylation sites (tertiary alicyclic amines) is 1. The molecule has 0 atom stereocenters. The Morgan fingerprint density at radius 1 is 1.43 bits per heavy atom. The molecular weight excluding hydrogens is 264 g/mol. The maximum atomic E-state index is 11.2. The fraction of sp³-hybridized carbons (Fsp3) is 0.500. The molecule has 112 valence electrons. The number of aromatic amines is 1. The lowest BCUT2D eigenvalue weighted by atomic mass is 9.90. The van der Waals surface area contributed by atoms with E-state index in [0.29, 0.717) is 11.7 Å². The van der Waals surface area contributed by atoms with Crippen LogP contribution in [0.5, 0.6) is 0 Å². The monoisotopic (exact) mass is 286 g/mol. The Kier molecular flexibility index (Phi) is 3.92. The second-order valence-corrected chi connectivity index (χ2v) is 5.73. The maximum absolute atomic E-state index is 11.2. The van der Waals surface area contributed by atoms with Crippen molar-refractivity contribution in [3.8, 4) is 0 Å². The van der Waals surface area contributed by atoms with E-state index < -0.39 is 0 Å². The molecule has 21 heavy (non-hydrogen) atoms. The number of nitrogens with one attached hydrogen (secondary N) is 2. The number of aromatic nitrogens is 2. The van der Waals surface area contributed by atoms with Crippen molar-refractivity contribution in [2.24, 2.45) is 0 Å². The Morgan fingerprint density at radius 3 is 2.86 bits per heavy atom. The SMILES string of the molecule is CCN1CCC(c2c[nH]c3ccc(NC(C)=O)nc23)CC1. The van der Waals surface area contributed by atoms with Gasteiger partial charge in [0.05, 0.1) is 11.0 Å². The number of hydrogen-bond acceptors (Lipinski definition) is 3. The van der Waals surface area contributed by atoms with Crippen LogP contribution in [0.1, 0.15) is 38.2 Å². The quantitative estimate of drug-likeness (QED) is 0.912. The van der Waals surface area contributed by atoms with Crippen LogP contribution in [0.15, 0.2) is 18.3 Å². The van der Waals surface area contributed by atoms with Gasteiger partial charge in [-0.15, -0.1) is 0 Å². The van der Waals surface area contributed by atoms with Gasteiger partial charge in [0.1, 0.15) is 5.82 Å². The van der Waals surface area contributed by atoms with Crippen molar-refractivity contribution in [2.45, 2.75) is 32.6 Å². The molecule has 0 radical (unpaired) electrons. The van der Waals surface area contributed by atoms with Gasteiger partial charge in [0.2, 0.25) is 5.91 Å². The molecule has 1 amide bonds. The zero-order valence-corrected chi connectivity index (χ0v) is 12.6. The number of carbonyl (C=O) groups is 1. The lowest BCUT2D eigenvalue weighted by Crippen LogP contribution is -2.32. The molecule has 5 nitrogen and oxygen atoms in total. The maximum Gasteiger partial charge on any atom is 0.222 e. The highest BCUT2D eigenvalue weighted by Crippen LogP contribution is 2.32. The van der Waals surface area contributed by atoms with Crippen LogP contribution in [0, 0.1) is 0 Å². The number of piperidine rings is 1. The number of hydrogen-bond donors (Lipinski definition) is 2. The molecule has 1 saturated heterocycles. The van der Waals surface area contributed by atoms with Crippen molar-refractivity contribution in [1.82, 2.24) is 14.9 Å². The molecule has 0 aliphatic carbocycles. The summed E-state index contributed by atoms with van der Waals surface area (Å²) < 4.78 is 0. The second-order valence-electron chi connectivity index (χ2n) is 5.73.